The van der Waals surface area contributed by atoms with Crippen LogP contribution >= 0.6 is 0 Å². The Bertz CT molecular complexity index is 561. The van der Waals surface area contributed by atoms with Crippen LogP contribution in [0.2, 0.25) is 0 Å². The molecule has 4 saturated carbocycles. The van der Waals surface area contributed by atoms with Crippen LogP contribution in [0.15, 0.2) is 12.2 Å². The fraction of sp³-hybridized carbons (Fsp3) is 0.857. The molecule has 132 valence electrons. The van der Waals surface area contributed by atoms with E-state index in [2.05, 4.69) is 19.1 Å². The van der Waals surface area contributed by atoms with Crippen molar-refractivity contribution in [1.82, 2.24) is 0 Å². The van der Waals surface area contributed by atoms with Gasteiger partial charge >= 0.3 is 5.97 Å². The zero-order valence-corrected chi connectivity index (χ0v) is 14.9. The first kappa shape index (κ1) is 15.4. The van der Waals surface area contributed by atoms with Crippen LogP contribution < -0.4 is 0 Å². The van der Waals surface area contributed by atoms with Gasteiger partial charge in [-0.3, -0.25) is 4.79 Å². The molecule has 0 aromatic heterocycles. The van der Waals surface area contributed by atoms with Crippen molar-refractivity contribution in [3.8, 4) is 0 Å². The van der Waals surface area contributed by atoms with Crippen LogP contribution in [0.4, 0.5) is 0 Å². The average molecular weight is 330 g/mol. The second-order valence-corrected chi connectivity index (χ2v) is 9.38. The molecule has 5 rings (SSSR count). The van der Waals surface area contributed by atoms with E-state index in [1.807, 2.05) is 6.92 Å². The number of esters is 1. The minimum absolute atomic E-state index is 0.0156. The number of carbonyl (C=O) groups excluding carboxylic acids is 1. The molecule has 4 bridgehead atoms. The van der Waals surface area contributed by atoms with Crippen molar-refractivity contribution in [2.75, 3.05) is 0 Å². The summed E-state index contributed by atoms with van der Waals surface area (Å²) in [5.41, 5.74) is -0.0884. The van der Waals surface area contributed by atoms with E-state index in [1.165, 1.54) is 25.7 Å². The Morgan fingerprint density at radius 3 is 2.54 bits per heavy atom. The normalized spacial score (nSPS) is 48.0. The number of ether oxygens (including phenoxy) is 2. The molecule has 0 amide bonds. The summed E-state index contributed by atoms with van der Waals surface area (Å²) < 4.78 is 11.9. The zero-order valence-electron chi connectivity index (χ0n) is 14.9. The van der Waals surface area contributed by atoms with Gasteiger partial charge in [0, 0.05) is 0 Å². The number of carbonyl (C=O) groups is 1. The van der Waals surface area contributed by atoms with E-state index in [9.17, 15) is 4.79 Å². The lowest BCUT2D eigenvalue weighted by Gasteiger charge is -2.36. The van der Waals surface area contributed by atoms with Gasteiger partial charge in [0.15, 0.2) is 0 Å². The van der Waals surface area contributed by atoms with Gasteiger partial charge in [0.2, 0.25) is 6.29 Å². The lowest BCUT2D eigenvalue weighted by Crippen LogP contribution is -2.38. The van der Waals surface area contributed by atoms with Crippen LogP contribution in [0.3, 0.4) is 0 Å². The maximum atomic E-state index is 12.8. The van der Waals surface area contributed by atoms with Crippen LogP contribution in [0.5, 0.6) is 0 Å². The molecule has 0 N–H and O–H groups in total. The Labute approximate surface area is 145 Å². The first-order valence-electron chi connectivity index (χ1n) is 10.1. The molecule has 4 fully saturated rings. The summed E-state index contributed by atoms with van der Waals surface area (Å²) in [6, 6.07) is 0. The molecular formula is C21H30O3. The maximum absolute atomic E-state index is 12.8. The van der Waals surface area contributed by atoms with E-state index in [4.69, 9.17) is 9.47 Å². The first-order chi connectivity index (χ1) is 11.5. The molecule has 0 saturated heterocycles. The third-order valence-corrected chi connectivity index (χ3v) is 7.97. The van der Waals surface area contributed by atoms with Gasteiger partial charge in [-0.2, -0.15) is 0 Å². The number of hydrogen-bond donors (Lipinski definition) is 0. The number of hydrogen-bond acceptors (Lipinski definition) is 3. The standard InChI is InChI=1S/C21H30O3/c1-12(24-21(2)7-3-4-8-21)23-20(22)17-11-15-10-16(17)19-14-6-5-13(9-14)18(15)19/h5-6,12-19H,3-4,7-11H2,1-2H3. The lowest BCUT2D eigenvalue weighted by molar-refractivity contribution is -0.207. The molecule has 8 unspecified atom stereocenters. The van der Waals surface area contributed by atoms with Gasteiger partial charge in [-0.1, -0.05) is 25.0 Å². The molecule has 0 heterocycles. The molecule has 5 aliphatic rings. The highest BCUT2D eigenvalue weighted by Crippen LogP contribution is 2.67. The highest BCUT2D eigenvalue weighted by molar-refractivity contribution is 5.73. The monoisotopic (exact) mass is 330 g/mol. The van der Waals surface area contributed by atoms with E-state index in [0.717, 1.165) is 48.9 Å². The molecule has 24 heavy (non-hydrogen) atoms. The van der Waals surface area contributed by atoms with Gasteiger partial charge in [-0.15, -0.1) is 0 Å². The van der Waals surface area contributed by atoms with E-state index in [0.29, 0.717) is 5.92 Å². The van der Waals surface area contributed by atoms with Crippen LogP contribution in [-0.4, -0.2) is 17.9 Å². The molecule has 0 aromatic rings. The SMILES string of the molecule is CC(OC(=O)C1CC2CC1C1C3C=CC(C3)C21)OC1(C)CCCC1. The van der Waals surface area contributed by atoms with Crippen LogP contribution in [0.25, 0.3) is 0 Å². The predicted octanol–water partition coefficient (Wildman–Crippen LogP) is 4.32. The van der Waals surface area contributed by atoms with Crippen molar-refractivity contribution < 1.29 is 14.3 Å². The maximum Gasteiger partial charge on any atom is 0.311 e. The summed E-state index contributed by atoms with van der Waals surface area (Å²) in [7, 11) is 0. The van der Waals surface area contributed by atoms with Crippen molar-refractivity contribution in [3.63, 3.8) is 0 Å². The highest BCUT2D eigenvalue weighted by atomic mass is 16.7. The average Bonchev–Trinajstić information content (AvgIpc) is 3.32. The van der Waals surface area contributed by atoms with Gasteiger partial charge in [0.25, 0.3) is 0 Å². The topological polar surface area (TPSA) is 35.5 Å². The van der Waals surface area contributed by atoms with Crippen molar-refractivity contribution in [2.45, 2.75) is 70.7 Å². The van der Waals surface area contributed by atoms with Crippen LogP contribution in [-0.2, 0) is 14.3 Å². The van der Waals surface area contributed by atoms with Crippen molar-refractivity contribution in [2.24, 2.45) is 41.4 Å². The number of rotatable bonds is 4. The van der Waals surface area contributed by atoms with Crippen molar-refractivity contribution in [3.05, 3.63) is 12.2 Å². The number of allylic oxidation sites excluding steroid dienone is 2. The zero-order chi connectivity index (χ0) is 16.5. The Kier molecular flexibility index (Phi) is 3.43. The summed E-state index contributed by atoms with van der Waals surface area (Å²) in [6.45, 7) is 4.06. The molecule has 5 aliphatic carbocycles. The summed E-state index contributed by atoms with van der Waals surface area (Å²) in [5.74, 6) is 4.68. The first-order valence-corrected chi connectivity index (χ1v) is 10.1. The van der Waals surface area contributed by atoms with E-state index in [1.54, 1.807) is 0 Å². The van der Waals surface area contributed by atoms with Gasteiger partial charge in [-0.05, 0) is 81.5 Å². The number of fused-ring (bicyclic) bond motifs is 9. The van der Waals surface area contributed by atoms with E-state index < -0.39 is 6.29 Å². The molecule has 3 heteroatoms. The quantitative estimate of drug-likeness (QED) is 0.333. The van der Waals surface area contributed by atoms with E-state index >= 15 is 0 Å². The molecule has 0 aromatic carbocycles. The largest absolute Gasteiger partial charge is 0.436 e. The molecule has 0 aliphatic heterocycles. The van der Waals surface area contributed by atoms with Gasteiger partial charge < -0.3 is 9.47 Å². The smallest absolute Gasteiger partial charge is 0.311 e. The second kappa shape index (κ2) is 5.33. The van der Waals surface area contributed by atoms with Crippen LogP contribution in [0.1, 0.15) is 58.8 Å². The molecule has 0 spiro atoms. The minimum atomic E-state index is -0.407. The highest BCUT2D eigenvalue weighted by Gasteiger charge is 2.62. The summed E-state index contributed by atoms with van der Waals surface area (Å²) in [5, 5.41) is 0. The van der Waals surface area contributed by atoms with Crippen LogP contribution in [0, 0.1) is 41.4 Å². The molecule has 3 nitrogen and oxygen atoms in total. The Morgan fingerprint density at radius 1 is 1.08 bits per heavy atom. The Balaban J connectivity index is 1.22. The summed E-state index contributed by atoms with van der Waals surface area (Å²) in [4.78, 5) is 12.8. The lowest BCUT2D eigenvalue weighted by atomic mass is 9.69. The van der Waals surface area contributed by atoms with Gasteiger partial charge in [0.05, 0.1) is 11.5 Å². The van der Waals surface area contributed by atoms with E-state index in [-0.39, 0.29) is 17.5 Å². The molecule has 0 radical (unpaired) electrons. The third-order valence-electron chi connectivity index (χ3n) is 7.97. The van der Waals surface area contributed by atoms with Crippen molar-refractivity contribution >= 4 is 5.97 Å². The molecule has 8 atom stereocenters. The summed E-state index contributed by atoms with van der Waals surface area (Å²) >= 11 is 0. The predicted molar refractivity (Wildman–Crippen MR) is 90.9 cm³/mol. The fourth-order valence-electron chi connectivity index (χ4n) is 7.20. The second-order valence-electron chi connectivity index (χ2n) is 9.38. The Hall–Kier alpha value is -0.830. The van der Waals surface area contributed by atoms with Crippen molar-refractivity contribution in [1.29, 1.82) is 0 Å². The fourth-order valence-corrected chi connectivity index (χ4v) is 7.20. The van der Waals surface area contributed by atoms with Gasteiger partial charge in [-0.25, -0.2) is 0 Å². The Morgan fingerprint density at radius 2 is 1.79 bits per heavy atom. The van der Waals surface area contributed by atoms with Gasteiger partial charge in [0.1, 0.15) is 0 Å². The minimum Gasteiger partial charge on any atom is -0.436 e. The summed E-state index contributed by atoms with van der Waals surface area (Å²) in [6.07, 6.45) is 12.8. The third kappa shape index (κ3) is 2.23. The molecular weight excluding hydrogens is 300 g/mol.